The summed E-state index contributed by atoms with van der Waals surface area (Å²) in [6.07, 6.45) is 0. The summed E-state index contributed by atoms with van der Waals surface area (Å²) >= 11 is 1.15. The third kappa shape index (κ3) is 5.57. The van der Waals surface area contributed by atoms with Gasteiger partial charge in [0.25, 0.3) is 0 Å². The van der Waals surface area contributed by atoms with E-state index in [-0.39, 0.29) is 23.2 Å². The number of aryl methyl sites for hydroxylation is 1. The lowest BCUT2D eigenvalue weighted by atomic mass is 9.84. The Labute approximate surface area is 219 Å². The van der Waals surface area contributed by atoms with Gasteiger partial charge >= 0.3 is 0 Å². The molecule has 186 valence electrons. The van der Waals surface area contributed by atoms with Crippen LogP contribution in [0.5, 0.6) is 0 Å². The summed E-state index contributed by atoms with van der Waals surface area (Å²) in [5, 5.41) is 16.4. The first-order valence-electron chi connectivity index (χ1n) is 11.6. The number of benzene rings is 2. The number of carbonyl (C=O) groups excluding carboxylic acids is 3. The van der Waals surface area contributed by atoms with Crippen molar-refractivity contribution in [1.29, 1.82) is 5.26 Å². The van der Waals surface area contributed by atoms with Crippen LogP contribution in [0.15, 0.2) is 93.0 Å². The molecular formula is C29H25N3O4S. The maximum absolute atomic E-state index is 13.0. The highest BCUT2D eigenvalue weighted by Crippen LogP contribution is 2.41. The van der Waals surface area contributed by atoms with Crippen LogP contribution in [0.4, 0.5) is 5.69 Å². The van der Waals surface area contributed by atoms with E-state index in [0.717, 1.165) is 11.8 Å². The van der Waals surface area contributed by atoms with Gasteiger partial charge in [0.1, 0.15) is 11.5 Å². The van der Waals surface area contributed by atoms with Crippen molar-refractivity contribution < 1.29 is 18.8 Å². The standard InChI is InChI=1S/C29H25N3O4S/c1-17-13-14-24(36-17)27-22(15-30)29(31-18(2)26(27)19(3)33)37-16-25(34)32-23-12-8-7-11-21(23)28(35)20-9-5-4-6-10-20/h4-14,27,31H,16H2,1-3H3,(H,32,34)/t27-/m1/s1. The molecule has 2 heterocycles. The maximum Gasteiger partial charge on any atom is 0.234 e. The van der Waals surface area contributed by atoms with Gasteiger partial charge in [0.15, 0.2) is 11.6 Å². The second kappa shape index (κ2) is 11.1. The van der Waals surface area contributed by atoms with Crippen LogP contribution in [-0.4, -0.2) is 23.2 Å². The Bertz CT molecular complexity index is 1480. The number of para-hydroxylation sites is 1. The molecular weight excluding hydrogens is 486 g/mol. The summed E-state index contributed by atoms with van der Waals surface area (Å²) < 4.78 is 5.79. The van der Waals surface area contributed by atoms with E-state index in [4.69, 9.17) is 4.42 Å². The van der Waals surface area contributed by atoms with Gasteiger partial charge in [0, 0.05) is 22.4 Å². The molecule has 0 spiro atoms. The summed E-state index contributed by atoms with van der Waals surface area (Å²) in [5.41, 5.74) is 2.68. The van der Waals surface area contributed by atoms with Crippen LogP contribution in [0, 0.1) is 18.3 Å². The topological polar surface area (TPSA) is 112 Å². The number of nitrogens with one attached hydrogen (secondary N) is 2. The lowest BCUT2D eigenvalue weighted by Gasteiger charge is -2.27. The summed E-state index contributed by atoms with van der Waals surface area (Å²) in [6, 6.07) is 21.4. The van der Waals surface area contributed by atoms with Gasteiger partial charge < -0.3 is 15.1 Å². The van der Waals surface area contributed by atoms with Crippen LogP contribution in [0.1, 0.15) is 47.2 Å². The number of rotatable bonds is 8. The number of amides is 1. The Morgan fingerprint density at radius 3 is 2.38 bits per heavy atom. The summed E-state index contributed by atoms with van der Waals surface area (Å²) in [6.45, 7) is 5.02. The first-order valence-corrected chi connectivity index (χ1v) is 12.6. The molecule has 0 aliphatic carbocycles. The van der Waals surface area contributed by atoms with Gasteiger partial charge in [-0.3, -0.25) is 14.4 Å². The van der Waals surface area contributed by atoms with Gasteiger partial charge in [0.2, 0.25) is 5.91 Å². The number of nitrogens with zero attached hydrogens (tertiary/aromatic N) is 1. The van der Waals surface area contributed by atoms with E-state index in [1.165, 1.54) is 6.92 Å². The van der Waals surface area contributed by atoms with Gasteiger partial charge in [-0.2, -0.15) is 5.26 Å². The van der Waals surface area contributed by atoms with E-state index in [0.29, 0.717) is 50.2 Å². The fourth-order valence-electron chi connectivity index (χ4n) is 4.25. The minimum absolute atomic E-state index is 0.0199. The van der Waals surface area contributed by atoms with Crippen molar-refractivity contribution in [3.8, 4) is 6.07 Å². The average molecular weight is 512 g/mol. The quantitative estimate of drug-likeness (QED) is 0.385. The average Bonchev–Trinajstić information content (AvgIpc) is 3.33. The molecule has 0 bridgehead atoms. The third-order valence-corrected chi connectivity index (χ3v) is 6.92. The monoisotopic (exact) mass is 511 g/mol. The number of dihydropyridines is 1. The summed E-state index contributed by atoms with van der Waals surface area (Å²) in [4.78, 5) is 38.3. The highest BCUT2D eigenvalue weighted by Gasteiger charge is 2.35. The molecule has 0 saturated heterocycles. The van der Waals surface area contributed by atoms with Gasteiger partial charge in [-0.05, 0) is 45.0 Å². The van der Waals surface area contributed by atoms with Crippen molar-refractivity contribution in [2.45, 2.75) is 26.7 Å². The minimum atomic E-state index is -0.660. The number of carbonyl (C=O) groups is 3. The largest absolute Gasteiger partial charge is 0.465 e. The number of nitriles is 1. The number of thioether (sulfide) groups is 1. The fraction of sp³-hybridized carbons (Fsp3) is 0.172. The number of anilines is 1. The second-order valence-corrected chi connectivity index (χ2v) is 9.52. The van der Waals surface area contributed by atoms with E-state index >= 15 is 0 Å². The predicted octanol–water partition coefficient (Wildman–Crippen LogP) is 5.48. The fourth-order valence-corrected chi connectivity index (χ4v) is 5.14. The highest BCUT2D eigenvalue weighted by molar-refractivity contribution is 8.03. The molecule has 4 rings (SSSR count). The molecule has 7 nitrogen and oxygen atoms in total. The van der Waals surface area contributed by atoms with Gasteiger partial charge in [0.05, 0.1) is 34.0 Å². The van der Waals surface area contributed by atoms with Crippen molar-refractivity contribution in [2.24, 2.45) is 0 Å². The SMILES string of the molecule is CC(=O)C1=C(C)NC(SCC(=O)Nc2ccccc2C(=O)c2ccccc2)=C(C#N)[C@@H]1c1ccc(C)o1. The summed E-state index contributed by atoms with van der Waals surface area (Å²) in [7, 11) is 0. The Kier molecular flexibility index (Phi) is 7.75. The number of furan rings is 1. The Hall–Kier alpha value is -4.35. The van der Waals surface area contributed by atoms with Gasteiger partial charge in [-0.15, -0.1) is 0 Å². The first kappa shape index (κ1) is 25.7. The number of Topliss-reactive ketones (excluding diaryl/α,β-unsaturated/α-hetero) is 1. The van der Waals surface area contributed by atoms with E-state index in [2.05, 4.69) is 16.7 Å². The molecule has 2 aromatic carbocycles. The number of ketones is 2. The van der Waals surface area contributed by atoms with Crippen LogP contribution < -0.4 is 10.6 Å². The number of allylic oxidation sites excluding steroid dienone is 3. The lowest BCUT2D eigenvalue weighted by Crippen LogP contribution is -2.27. The lowest BCUT2D eigenvalue weighted by molar-refractivity contribution is -0.114. The van der Waals surface area contributed by atoms with E-state index < -0.39 is 5.92 Å². The van der Waals surface area contributed by atoms with Crippen molar-refractivity contribution in [3.05, 3.63) is 111 Å². The highest BCUT2D eigenvalue weighted by atomic mass is 32.2. The van der Waals surface area contributed by atoms with Crippen molar-refractivity contribution in [2.75, 3.05) is 11.1 Å². The molecule has 1 amide bonds. The molecule has 1 atom stereocenters. The third-order valence-electron chi connectivity index (χ3n) is 5.90. The Balaban J connectivity index is 1.55. The van der Waals surface area contributed by atoms with Crippen molar-refractivity contribution in [3.63, 3.8) is 0 Å². The van der Waals surface area contributed by atoms with Crippen LogP contribution in [0.2, 0.25) is 0 Å². The molecule has 3 aromatic rings. The van der Waals surface area contributed by atoms with Crippen LogP contribution >= 0.6 is 11.8 Å². The normalized spacial score (nSPS) is 15.1. The maximum atomic E-state index is 13.0. The molecule has 8 heteroatoms. The van der Waals surface area contributed by atoms with Crippen molar-refractivity contribution >= 4 is 34.9 Å². The molecule has 0 saturated carbocycles. The predicted molar refractivity (Wildman–Crippen MR) is 143 cm³/mol. The van der Waals surface area contributed by atoms with Crippen molar-refractivity contribution in [1.82, 2.24) is 5.32 Å². The molecule has 2 N–H and O–H groups in total. The van der Waals surface area contributed by atoms with Gasteiger partial charge in [-0.1, -0.05) is 54.2 Å². The zero-order chi connectivity index (χ0) is 26.5. The molecule has 1 aromatic heterocycles. The van der Waals surface area contributed by atoms with Crippen LogP contribution in [0.25, 0.3) is 0 Å². The van der Waals surface area contributed by atoms with Gasteiger partial charge in [-0.25, -0.2) is 0 Å². The molecule has 1 aliphatic heterocycles. The number of hydrogen-bond donors (Lipinski definition) is 2. The Morgan fingerprint density at radius 1 is 1.03 bits per heavy atom. The first-order chi connectivity index (χ1) is 17.8. The number of hydrogen-bond acceptors (Lipinski definition) is 7. The zero-order valence-electron chi connectivity index (χ0n) is 20.6. The molecule has 1 aliphatic rings. The molecule has 0 radical (unpaired) electrons. The minimum Gasteiger partial charge on any atom is -0.465 e. The van der Waals surface area contributed by atoms with E-state index in [1.54, 1.807) is 74.5 Å². The smallest absolute Gasteiger partial charge is 0.234 e. The van der Waals surface area contributed by atoms with E-state index in [1.807, 2.05) is 6.07 Å². The summed E-state index contributed by atoms with van der Waals surface area (Å²) in [5.74, 6) is -0.213. The molecule has 0 unspecified atom stereocenters. The van der Waals surface area contributed by atoms with E-state index in [9.17, 15) is 19.6 Å². The van der Waals surface area contributed by atoms with Crippen LogP contribution in [-0.2, 0) is 9.59 Å². The van der Waals surface area contributed by atoms with Crippen LogP contribution in [0.3, 0.4) is 0 Å². The second-order valence-electron chi connectivity index (χ2n) is 8.53. The molecule has 0 fully saturated rings. The Morgan fingerprint density at radius 2 is 1.73 bits per heavy atom. The zero-order valence-corrected chi connectivity index (χ0v) is 21.4. The molecule has 37 heavy (non-hydrogen) atoms.